The van der Waals surface area contributed by atoms with E-state index in [9.17, 15) is 4.79 Å². The van der Waals surface area contributed by atoms with Crippen molar-refractivity contribution in [2.24, 2.45) is 5.10 Å². The summed E-state index contributed by atoms with van der Waals surface area (Å²) in [5.74, 6) is 2.74. The molecule has 0 bridgehead atoms. The number of hydrazone groups is 1. The molecular weight excluding hydrogens is 506 g/mol. The van der Waals surface area contributed by atoms with E-state index < -0.39 is 0 Å². The van der Waals surface area contributed by atoms with Crippen LogP contribution in [-0.4, -0.2) is 61.1 Å². The summed E-state index contributed by atoms with van der Waals surface area (Å²) in [6, 6.07) is 20.7. The highest BCUT2D eigenvalue weighted by atomic mass is 32.2. The van der Waals surface area contributed by atoms with Gasteiger partial charge in [-0.15, -0.1) is 10.2 Å². The molecule has 0 aliphatic rings. The van der Waals surface area contributed by atoms with Crippen molar-refractivity contribution in [3.63, 3.8) is 0 Å². The third-order valence-electron chi connectivity index (χ3n) is 5.46. The van der Waals surface area contributed by atoms with Gasteiger partial charge in [-0.1, -0.05) is 30.0 Å². The monoisotopic (exact) mass is 533 g/mol. The highest BCUT2D eigenvalue weighted by molar-refractivity contribution is 7.99. The number of amides is 1. The Morgan fingerprint density at radius 2 is 1.58 bits per heavy atom. The summed E-state index contributed by atoms with van der Waals surface area (Å²) >= 11 is 1.26. The molecule has 1 heterocycles. The standard InChI is InChI=1S/C27H27N5O5S/c1-34-21-12-10-18(11-13-21)26-30-31-27(32(26)20-8-6-5-7-9-20)38-17-25(33)29-28-16-19-14-23(36-3)24(37-4)15-22(19)35-2/h5-16H,17H2,1-4H3,(H,29,33)/b28-16-. The van der Waals surface area contributed by atoms with Gasteiger partial charge < -0.3 is 18.9 Å². The molecule has 1 N–H and O–H groups in total. The zero-order chi connectivity index (χ0) is 26.9. The Morgan fingerprint density at radius 3 is 2.24 bits per heavy atom. The van der Waals surface area contributed by atoms with Crippen LogP contribution in [0.15, 0.2) is 77.0 Å². The van der Waals surface area contributed by atoms with Gasteiger partial charge in [0, 0.05) is 22.9 Å². The van der Waals surface area contributed by atoms with E-state index in [2.05, 4.69) is 20.7 Å². The molecule has 3 aromatic carbocycles. The minimum absolute atomic E-state index is 0.0774. The number of ether oxygens (including phenoxy) is 4. The zero-order valence-corrected chi connectivity index (χ0v) is 22.2. The number of benzene rings is 3. The van der Waals surface area contributed by atoms with E-state index in [4.69, 9.17) is 18.9 Å². The second-order valence-electron chi connectivity index (χ2n) is 7.74. The van der Waals surface area contributed by atoms with Gasteiger partial charge >= 0.3 is 0 Å². The van der Waals surface area contributed by atoms with Crippen molar-refractivity contribution in [3.8, 4) is 40.1 Å². The number of thioether (sulfide) groups is 1. The van der Waals surface area contributed by atoms with Crippen LogP contribution in [0.25, 0.3) is 17.1 Å². The number of hydrogen-bond donors (Lipinski definition) is 1. The van der Waals surface area contributed by atoms with E-state index in [0.29, 0.717) is 33.8 Å². The lowest BCUT2D eigenvalue weighted by Gasteiger charge is -2.11. The van der Waals surface area contributed by atoms with Gasteiger partial charge in [0.25, 0.3) is 5.91 Å². The molecule has 0 radical (unpaired) electrons. The number of carbonyl (C=O) groups is 1. The summed E-state index contributed by atoms with van der Waals surface area (Å²) in [5, 5.41) is 13.4. The number of hydrogen-bond acceptors (Lipinski definition) is 9. The van der Waals surface area contributed by atoms with E-state index in [-0.39, 0.29) is 11.7 Å². The van der Waals surface area contributed by atoms with Crippen molar-refractivity contribution in [2.45, 2.75) is 5.16 Å². The Morgan fingerprint density at radius 1 is 0.895 bits per heavy atom. The van der Waals surface area contributed by atoms with Crippen LogP contribution in [0.2, 0.25) is 0 Å². The molecule has 0 saturated carbocycles. The van der Waals surface area contributed by atoms with Gasteiger partial charge in [-0.3, -0.25) is 9.36 Å². The van der Waals surface area contributed by atoms with E-state index >= 15 is 0 Å². The molecule has 0 spiro atoms. The van der Waals surface area contributed by atoms with Crippen LogP contribution < -0.4 is 24.4 Å². The van der Waals surface area contributed by atoms with Crippen LogP contribution in [-0.2, 0) is 4.79 Å². The smallest absolute Gasteiger partial charge is 0.250 e. The first kappa shape index (κ1) is 26.6. The molecule has 196 valence electrons. The molecule has 1 aromatic heterocycles. The van der Waals surface area contributed by atoms with Crippen LogP contribution >= 0.6 is 11.8 Å². The highest BCUT2D eigenvalue weighted by Gasteiger charge is 2.17. The Kier molecular flexibility index (Phi) is 8.83. The first-order valence-corrected chi connectivity index (χ1v) is 12.5. The third-order valence-corrected chi connectivity index (χ3v) is 6.39. The maximum atomic E-state index is 12.6. The van der Waals surface area contributed by atoms with Crippen LogP contribution in [0.5, 0.6) is 23.0 Å². The fraction of sp³-hybridized carbons (Fsp3) is 0.185. The molecule has 0 unspecified atom stereocenters. The lowest BCUT2D eigenvalue weighted by molar-refractivity contribution is -0.118. The number of para-hydroxylation sites is 1. The summed E-state index contributed by atoms with van der Waals surface area (Å²) in [4.78, 5) is 12.6. The van der Waals surface area contributed by atoms with Gasteiger partial charge in [-0.25, -0.2) is 5.43 Å². The van der Waals surface area contributed by atoms with Gasteiger partial charge in [0.05, 0.1) is 40.4 Å². The molecular formula is C27H27N5O5S. The van der Waals surface area contributed by atoms with Crippen LogP contribution in [0.4, 0.5) is 0 Å². The molecule has 0 atom stereocenters. The van der Waals surface area contributed by atoms with Gasteiger partial charge in [-0.05, 0) is 42.5 Å². The number of rotatable bonds is 11. The van der Waals surface area contributed by atoms with Gasteiger partial charge in [-0.2, -0.15) is 5.10 Å². The largest absolute Gasteiger partial charge is 0.497 e. The van der Waals surface area contributed by atoms with Crippen molar-refractivity contribution in [1.82, 2.24) is 20.2 Å². The lowest BCUT2D eigenvalue weighted by atomic mass is 10.2. The van der Waals surface area contributed by atoms with E-state index in [1.165, 1.54) is 25.1 Å². The van der Waals surface area contributed by atoms with Crippen molar-refractivity contribution < 1.29 is 23.7 Å². The second kappa shape index (κ2) is 12.6. The minimum atomic E-state index is -0.306. The number of methoxy groups -OCH3 is 4. The maximum absolute atomic E-state index is 12.6. The molecule has 0 fully saturated rings. The molecule has 0 saturated heterocycles. The normalized spacial score (nSPS) is 10.8. The number of nitrogens with one attached hydrogen (secondary N) is 1. The first-order valence-electron chi connectivity index (χ1n) is 11.5. The number of carbonyl (C=O) groups excluding carboxylic acids is 1. The van der Waals surface area contributed by atoms with Crippen LogP contribution in [0.3, 0.4) is 0 Å². The average Bonchev–Trinajstić information content (AvgIpc) is 3.40. The maximum Gasteiger partial charge on any atom is 0.250 e. The Hall–Kier alpha value is -4.51. The van der Waals surface area contributed by atoms with Crippen molar-refractivity contribution in [1.29, 1.82) is 0 Å². The zero-order valence-electron chi connectivity index (χ0n) is 21.4. The molecule has 0 aliphatic heterocycles. The van der Waals surface area contributed by atoms with Crippen molar-refractivity contribution in [2.75, 3.05) is 34.2 Å². The molecule has 38 heavy (non-hydrogen) atoms. The Balaban J connectivity index is 1.49. The summed E-state index contributed by atoms with van der Waals surface area (Å²) in [7, 11) is 6.24. The van der Waals surface area contributed by atoms with Crippen LogP contribution in [0.1, 0.15) is 5.56 Å². The third kappa shape index (κ3) is 6.06. The predicted molar refractivity (Wildman–Crippen MR) is 146 cm³/mol. The average molecular weight is 534 g/mol. The van der Waals surface area contributed by atoms with Gasteiger partial charge in [0.1, 0.15) is 11.5 Å². The SMILES string of the molecule is COc1ccc(-c2nnc(SCC(=O)N/N=C\c3cc(OC)c(OC)cc3OC)n2-c2ccccc2)cc1. The molecule has 4 aromatic rings. The van der Waals surface area contributed by atoms with Crippen molar-refractivity contribution >= 4 is 23.9 Å². The summed E-state index contributed by atoms with van der Waals surface area (Å²) in [6.45, 7) is 0. The quantitative estimate of drug-likeness (QED) is 0.174. The lowest BCUT2D eigenvalue weighted by Crippen LogP contribution is -2.20. The molecule has 11 heteroatoms. The molecule has 10 nitrogen and oxygen atoms in total. The second-order valence-corrected chi connectivity index (χ2v) is 8.68. The summed E-state index contributed by atoms with van der Waals surface area (Å²) < 4.78 is 23.2. The first-order chi connectivity index (χ1) is 18.6. The fourth-order valence-corrected chi connectivity index (χ4v) is 4.33. The highest BCUT2D eigenvalue weighted by Crippen LogP contribution is 2.34. The molecule has 1 amide bonds. The predicted octanol–water partition coefficient (Wildman–Crippen LogP) is 4.21. The Bertz CT molecular complexity index is 1410. The summed E-state index contributed by atoms with van der Waals surface area (Å²) in [5.41, 5.74) is 4.90. The Labute approximate surface area is 224 Å². The number of aromatic nitrogens is 3. The van der Waals surface area contributed by atoms with E-state index in [1.807, 2.05) is 59.2 Å². The van der Waals surface area contributed by atoms with Gasteiger partial charge in [0.2, 0.25) is 0 Å². The van der Waals surface area contributed by atoms with Crippen molar-refractivity contribution in [3.05, 3.63) is 72.3 Å². The van der Waals surface area contributed by atoms with Crippen LogP contribution in [0, 0.1) is 0 Å². The fourth-order valence-electron chi connectivity index (χ4n) is 3.59. The molecule has 0 aliphatic carbocycles. The minimum Gasteiger partial charge on any atom is -0.497 e. The molecule has 4 rings (SSSR count). The summed E-state index contributed by atoms with van der Waals surface area (Å²) in [6.07, 6.45) is 1.48. The van der Waals surface area contributed by atoms with E-state index in [1.54, 1.807) is 33.5 Å². The van der Waals surface area contributed by atoms with Gasteiger partial charge in [0.15, 0.2) is 22.5 Å². The topological polar surface area (TPSA) is 109 Å². The number of nitrogens with zero attached hydrogens (tertiary/aromatic N) is 4. The van der Waals surface area contributed by atoms with E-state index in [0.717, 1.165) is 17.0 Å².